The van der Waals surface area contributed by atoms with Crippen LogP contribution in [0.5, 0.6) is 0 Å². The summed E-state index contributed by atoms with van der Waals surface area (Å²) < 4.78 is 1.05. The number of anilines is 1. The molecule has 1 aliphatic heterocycles. The van der Waals surface area contributed by atoms with Gasteiger partial charge >= 0.3 is 0 Å². The molecule has 1 unspecified atom stereocenters. The Hall–Kier alpha value is -2.71. The van der Waals surface area contributed by atoms with Crippen LogP contribution in [0.4, 0.5) is 10.8 Å². The van der Waals surface area contributed by atoms with Crippen LogP contribution in [0.2, 0.25) is 0 Å². The Balaban J connectivity index is 1.48. The number of benzene rings is 2. The van der Waals surface area contributed by atoms with Crippen molar-refractivity contribution in [3.63, 3.8) is 0 Å². The molecule has 1 atom stereocenters. The highest BCUT2D eigenvalue weighted by Crippen LogP contribution is 2.34. The Kier molecular flexibility index (Phi) is 5.62. The summed E-state index contributed by atoms with van der Waals surface area (Å²) in [6, 6.07) is 11.9. The summed E-state index contributed by atoms with van der Waals surface area (Å²) >= 11 is 2.79. The van der Waals surface area contributed by atoms with Gasteiger partial charge in [0.1, 0.15) is 5.25 Å². The number of fused-ring (bicyclic) bond motifs is 1. The van der Waals surface area contributed by atoms with Crippen molar-refractivity contribution in [3.8, 4) is 0 Å². The maximum absolute atomic E-state index is 12.7. The van der Waals surface area contributed by atoms with Gasteiger partial charge in [0.25, 0.3) is 0 Å². The first kappa shape index (κ1) is 20.6. The van der Waals surface area contributed by atoms with Crippen molar-refractivity contribution in [2.45, 2.75) is 32.4 Å². The van der Waals surface area contributed by atoms with Crippen LogP contribution in [0.1, 0.15) is 23.1 Å². The van der Waals surface area contributed by atoms with Gasteiger partial charge in [-0.2, -0.15) is 4.99 Å². The van der Waals surface area contributed by atoms with Crippen LogP contribution >= 0.6 is 23.1 Å². The molecule has 3 aromatic rings. The third-order valence-electron chi connectivity index (χ3n) is 4.93. The van der Waals surface area contributed by atoms with Gasteiger partial charge in [-0.1, -0.05) is 52.9 Å². The van der Waals surface area contributed by atoms with E-state index in [1.54, 1.807) is 7.05 Å². The number of amides is 2. The van der Waals surface area contributed by atoms with Crippen LogP contribution in [0, 0.1) is 20.8 Å². The fraction of sp³-hybridized carbons (Fsp3) is 0.273. The molecule has 0 aliphatic carbocycles. The van der Waals surface area contributed by atoms with E-state index in [0.29, 0.717) is 10.3 Å². The quantitative estimate of drug-likeness (QED) is 0.634. The number of aromatic nitrogens is 1. The average Bonchev–Trinajstić information content (AvgIpc) is 3.21. The Morgan fingerprint density at radius 1 is 1.20 bits per heavy atom. The molecule has 30 heavy (non-hydrogen) atoms. The molecular weight excluding hydrogens is 416 g/mol. The zero-order valence-electron chi connectivity index (χ0n) is 17.2. The number of aliphatic imine (C=N–C) groups is 1. The van der Waals surface area contributed by atoms with E-state index in [2.05, 4.69) is 15.3 Å². The van der Waals surface area contributed by atoms with E-state index in [1.165, 1.54) is 28.0 Å². The van der Waals surface area contributed by atoms with Gasteiger partial charge in [-0.25, -0.2) is 4.98 Å². The molecule has 2 amide bonds. The number of thioether (sulfide) groups is 1. The summed E-state index contributed by atoms with van der Waals surface area (Å²) in [6.07, 6.45) is 0.0967. The zero-order valence-corrected chi connectivity index (χ0v) is 18.9. The predicted octanol–water partition coefficient (Wildman–Crippen LogP) is 4.81. The fourth-order valence-electron chi connectivity index (χ4n) is 3.52. The molecule has 1 aromatic heterocycles. The molecule has 2 aromatic carbocycles. The van der Waals surface area contributed by atoms with Gasteiger partial charge in [0, 0.05) is 19.2 Å². The Bertz CT molecular complexity index is 1130. The lowest BCUT2D eigenvalue weighted by molar-refractivity contribution is -0.127. The summed E-state index contributed by atoms with van der Waals surface area (Å²) in [5.74, 6) is -0.294. The number of hydrogen-bond acceptors (Lipinski definition) is 6. The van der Waals surface area contributed by atoms with Crippen molar-refractivity contribution >= 4 is 61.1 Å². The number of aryl methyl sites for hydroxylation is 3. The number of rotatable bonds is 4. The summed E-state index contributed by atoms with van der Waals surface area (Å²) in [5.41, 5.74) is 4.89. The van der Waals surface area contributed by atoms with E-state index in [1.807, 2.05) is 57.2 Å². The van der Waals surface area contributed by atoms with Crippen LogP contribution in [-0.2, 0) is 9.59 Å². The van der Waals surface area contributed by atoms with Crippen LogP contribution in [0.25, 0.3) is 10.2 Å². The summed E-state index contributed by atoms with van der Waals surface area (Å²) in [7, 11) is 1.69. The highest BCUT2D eigenvalue weighted by atomic mass is 32.2. The molecule has 8 heteroatoms. The Labute approximate surface area is 183 Å². The van der Waals surface area contributed by atoms with E-state index in [9.17, 15) is 9.59 Å². The van der Waals surface area contributed by atoms with Crippen molar-refractivity contribution in [3.05, 3.63) is 53.1 Å². The minimum absolute atomic E-state index is 0.0967. The molecule has 0 spiro atoms. The fourth-order valence-corrected chi connectivity index (χ4v) is 5.55. The molecule has 1 saturated heterocycles. The largest absolute Gasteiger partial charge is 0.326 e. The van der Waals surface area contributed by atoms with Crippen molar-refractivity contribution in [1.29, 1.82) is 0 Å². The first-order chi connectivity index (χ1) is 14.3. The van der Waals surface area contributed by atoms with Gasteiger partial charge in [0.05, 0.1) is 10.2 Å². The number of nitrogens with one attached hydrogen (secondary N) is 1. The highest BCUT2D eigenvalue weighted by Gasteiger charge is 2.37. The molecule has 0 radical (unpaired) electrons. The molecule has 2 heterocycles. The standard InChI is InChI=1S/C22H22N4O2S2/c1-12-9-13(2)19(14(3)10-12)24-18(27)11-17-20(28)26(4)22(30-17)25-21-23-15-7-5-6-8-16(15)29-21/h5-10,17H,11H2,1-4H3,(H,24,27)/b25-22+. The van der Waals surface area contributed by atoms with Gasteiger partial charge < -0.3 is 5.32 Å². The highest BCUT2D eigenvalue weighted by molar-refractivity contribution is 8.15. The molecule has 1 fully saturated rings. The van der Waals surface area contributed by atoms with Crippen molar-refractivity contribution in [2.75, 3.05) is 12.4 Å². The number of amidine groups is 1. The Morgan fingerprint density at radius 3 is 2.60 bits per heavy atom. The third kappa shape index (κ3) is 4.11. The van der Waals surface area contributed by atoms with Crippen LogP contribution in [0.15, 0.2) is 41.4 Å². The van der Waals surface area contributed by atoms with Crippen LogP contribution < -0.4 is 5.32 Å². The SMILES string of the molecule is Cc1cc(C)c(NC(=O)CC2S/C(=N/c3nc4ccccc4s3)N(C)C2=O)c(C)c1. The lowest BCUT2D eigenvalue weighted by Crippen LogP contribution is -2.30. The van der Waals surface area contributed by atoms with Gasteiger partial charge in [-0.15, -0.1) is 0 Å². The number of hydrogen-bond donors (Lipinski definition) is 1. The van der Waals surface area contributed by atoms with Crippen LogP contribution in [-0.4, -0.2) is 39.2 Å². The Morgan fingerprint density at radius 2 is 1.90 bits per heavy atom. The molecular formula is C22H22N4O2S2. The molecule has 4 rings (SSSR count). The normalized spacial score (nSPS) is 17.9. The second-order valence-corrected chi connectivity index (χ2v) is 9.57. The van der Waals surface area contributed by atoms with Crippen molar-refractivity contribution in [1.82, 2.24) is 9.88 Å². The molecule has 0 bridgehead atoms. The second-order valence-electron chi connectivity index (χ2n) is 7.39. The maximum atomic E-state index is 12.7. The first-order valence-corrected chi connectivity index (χ1v) is 11.3. The molecule has 1 N–H and O–H groups in total. The number of carbonyl (C=O) groups is 2. The third-order valence-corrected chi connectivity index (χ3v) is 7.09. The molecule has 0 saturated carbocycles. The lowest BCUT2D eigenvalue weighted by Gasteiger charge is -2.14. The average molecular weight is 439 g/mol. The first-order valence-electron chi connectivity index (χ1n) is 9.58. The number of para-hydroxylation sites is 1. The second kappa shape index (κ2) is 8.20. The number of carbonyl (C=O) groups excluding carboxylic acids is 2. The number of thiazole rings is 1. The van der Waals surface area contributed by atoms with E-state index in [0.717, 1.165) is 32.6 Å². The van der Waals surface area contributed by atoms with E-state index < -0.39 is 5.25 Å². The zero-order chi connectivity index (χ0) is 21.4. The molecule has 1 aliphatic rings. The minimum atomic E-state index is -0.491. The van der Waals surface area contributed by atoms with Gasteiger partial charge in [-0.3, -0.25) is 14.5 Å². The van der Waals surface area contributed by atoms with Crippen LogP contribution in [0.3, 0.4) is 0 Å². The van der Waals surface area contributed by atoms with E-state index in [-0.39, 0.29) is 18.2 Å². The van der Waals surface area contributed by atoms with E-state index >= 15 is 0 Å². The van der Waals surface area contributed by atoms with Crippen molar-refractivity contribution in [2.24, 2.45) is 4.99 Å². The lowest BCUT2D eigenvalue weighted by atomic mass is 10.0. The summed E-state index contributed by atoms with van der Waals surface area (Å²) in [4.78, 5) is 35.9. The van der Waals surface area contributed by atoms with Gasteiger partial charge in [-0.05, 0) is 44.0 Å². The van der Waals surface area contributed by atoms with E-state index in [4.69, 9.17) is 0 Å². The van der Waals surface area contributed by atoms with Gasteiger partial charge in [0.2, 0.25) is 16.9 Å². The summed E-state index contributed by atoms with van der Waals surface area (Å²) in [5, 5.41) is 3.66. The molecule has 154 valence electrons. The number of nitrogens with zero attached hydrogens (tertiary/aromatic N) is 3. The maximum Gasteiger partial charge on any atom is 0.242 e. The topological polar surface area (TPSA) is 74.7 Å². The van der Waals surface area contributed by atoms with Gasteiger partial charge in [0.15, 0.2) is 5.17 Å². The molecule has 6 nitrogen and oxygen atoms in total. The monoisotopic (exact) mass is 438 g/mol. The minimum Gasteiger partial charge on any atom is -0.326 e. The van der Waals surface area contributed by atoms with Crippen molar-refractivity contribution < 1.29 is 9.59 Å². The summed E-state index contributed by atoms with van der Waals surface area (Å²) in [6.45, 7) is 5.98. The predicted molar refractivity (Wildman–Crippen MR) is 125 cm³/mol. The smallest absolute Gasteiger partial charge is 0.242 e.